The number of ether oxygens (including phenoxy) is 3. The van der Waals surface area contributed by atoms with E-state index in [1.807, 2.05) is 117 Å². The molecule has 0 bridgehead atoms. The normalized spacial score (nSPS) is 19.1. The van der Waals surface area contributed by atoms with Crippen LogP contribution in [0.5, 0.6) is 0 Å². The van der Waals surface area contributed by atoms with E-state index in [4.69, 9.17) is 14.2 Å². The van der Waals surface area contributed by atoms with Gasteiger partial charge in [0, 0.05) is 207 Å². The molecule has 0 amide bonds. The van der Waals surface area contributed by atoms with Crippen LogP contribution in [0.3, 0.4) is 0 Å². The first kappa shape index (κ1) is 80.0. The zero-order valence-corrected chi connectivity index (χ0v) is 70.8. The van der Waals surface area contributed by atoms with Crippen molar-refractivity contribution in [2.24, 2.45) is 49.9 Å². The lowest BCUT2D eigenvalue weighted by Crippen LogP contribution is -2.66. The van der Waals surface area contributed by atoms with Crippen molar-refractivity contribution in [3.63, 3.8) is 0 Å². The maximum Gasteiger partial charge on any atom is 0.254 e. The molecule has 7 aliphatic heterocycles. The average Bonchev–Trinajstić information content (AvgIpc) is 1.28. The standard InChI is InChI=1S/C24H28N2O4S.C23H26N2O3S.C22H24N2O4S.C21H22N2O4S/c1-3-4-10-31(28,29)17-8-9-22(26-13-24(14-26)15-30-16-24)20(11-17)21-12-25(2)23(27)19-7-5-6-18(19)21;1-3-29(27,28)16-8-9-21(25-14-23(15-25)10-5-11-23)19(12-16)20-13-24(2)22(26)18-7-4-6-17(18)20;1-3-29(26,27)15-7-8-20(24-11-22(12-24)13-28-14-22)18(9-15)19-10-23(2)21(25)17-6-4-5-16(17)19;1-22-9-18(15-4-3-5-16(15)20(22)24)17-8-14(28(2,25)26)6-7-19(17)23-10-21(11-23)12-27-13-21/h5-6,8-9,11-12H,3-4,7,10,13-16H2,1-2H3;4,6,8-9,12-13H,3,5,7,10-11,14-15H2,1-2H3;4-5,7-10H,3,6,11-14H2,1-2H3;3-4,6-9H,5,10-13H2,1-2H3. The van der Waals surface area contributed by atoms with Crippen molar-refractivity contribution in [3.05, 3.63) is 208 Å². The molecule has 8 aromatic rings. The SMILES string of the molecule is CCCCS(=O)(=O)c1ccc(N2CC3(COC3)C2)c(-c2cn(C)c(=O)c3c2C=CC3)c1.CCS(=O)(=O)c1ccc(N2CC3(CCC3)C2)c(-c2cn(C)c(=O)c3c2C=CC3)c1.CCS(=O)(=O)c1ccc(N2CC3(COC3)C2)c(-c2cn(C)c(=O)c3c2C=CC3)c1.Cn1cc(-c2cc(S(C)(=O)=O)ccc2N2CC3(COC3)C2)c2c(c1=O)CC=C2. The second-order valence-electron chi connectivity index (χ2n) is 34.6. The third-order valence-electron chi connectivity index (χ3n) is 26.0. The molecule has 23 nitrogen and oxygen atoms in total. The predicted molar refractivity (Wildman–Crippen MR) is 460 cm³/mol. The summed E-state index contributed by atoms with van der Waals surface area (Å²) >= 11 is 0. The lowest BCUT2D eigenvalue weighted by Gasteiger charge is -2.57. The van der Waals surface area contributed by atoms with E-state index in [1.54, 1.807) is 96.7 Å². The highest BCUT2D eigenvalue weighted by Gasteiger charge is 2.53. The maximum atomic E-state index is 13.0. The van der Waals surface area contributed by atoms with E-state index in [9.17, 15) is 52.8 Å². The molecule has 0 unspecified atom stereocenters. The van der Waals surface area contributed by atoms with E-state index in [0.717, 1.165) is 210 Å². The highest BCUT2D eigenvalue weighted by Crippen LogP contribution is 2.53. The van der Waals surface area contributed by atoms with Gasteiger partial charge in [0.1, 0.15) is 0 Å². The van der Waals surface area contributed by atoms with E-state index < -0.39 is 39.3 Å². The molecule has 20 rings (SSSR count). The molecule has 27 heteroatoms. The van der Waals surface area contributed by atoms with Crippen LogP contribution >= 0.6 is 0 Å². The fourth-order valence-corrected chi connectivity index (χ4v) is 22.8. The van der Waals surface area contributed by atoms with Crippen LogP contribution in [-0.2, 0) is 107 Å². The summed E-state index contributed by atoms with van der Waals surface area (Å²) in [6.07, 6.45) is 32.4. The second kappa shape index (κ2) is 29.8. The van der Waals surface area contributed by atoms with Gasteiger partial charge in [-0.05, 0) is 140 Å². The van der Waals surface area contributed by atoms with Crippen LogP contribution in [0.4, 0.5) is 22.7 Å². The van der Waals surface area contributed by atoms with E-state index >= 15 is 0 Å². The predicted octanol–water partition coefficient (Wildman–Crippen LogP) is 10.6. The molecule has 0 atom stereocenters. The fourth-order valence-electron chi connectivity index (χ4n) is 18.9. The van der Waals surface area contributed by atoms with Gasteiger partial charge in [-0.1, -0.05) is 82.2 Å². The summed E-state index contributed by atoms with van der Waals surface area (Å²) in [5.41, 5.74) is 19.3. The molecule has 7 saturated heterocycles. The van der Waals surface area contributed by atoms with Crippen LogP contribution in [0.1, 0.15) is 97.4 Å². The van der Waals surface area contributed by atoms with Gasteiger partial charge in [0.25, 0.3) is 22.2 Å². The molecule has 614 valence electrons. The molecule has 4 aromatic carbocycles. The summed E-state index contributed by atoms with van der Waals surface area (Å²) in [6.45, 7) is 17.6. The van der Waals surface area contributed by atoms with Gasteiger partial charge in [-0.15, -0.1) is 0 Å². The van der Waals surface area contributed by atoms with Crippen molar-refractivity contribution in [1.29, 1.82) is 0 Å². The molecule has 4 spiro atoms. The minimum absolute atomic E-state index is 0.000845. The Morgan fingerprint density at radius 3 is 0.855 bits per heavy atom. The Kier molecular flexibility index (Phi) is 20.4. The Morgan fingerprint density at radius 1 is 0.350 bits per heavy atom. The second-order valence-corrected chi connectivity index (χ2v) is 43.2. The summed E-state index contributed by atoms with van der Waals surface area (Å²) < 4.78 is 123. The number of pyridine rings is 4. The van der Waals surface area contributed by atoms with Gasteiger partial charge in [0.2, 0.25) is 0 Å². The maximum absolute atomic E-state index is 13.0. The van der Waals surface area contributed by atoms with E-state index in [2.05, 4.69) is 19.6 Å². The minimum atomic E-state index is -3.36. The Labute approximate surface area is 683 Å². The zero-order chi connectivity index (χ0) is 82.3. The number of aryl methyl sites for hydroxylation is 4. The number of aromatic nitrogens is 4. The van der Waals surface area contributed by atoms with Crippen molar-refractivity contribution in [1.82, 2.24) is 18.3 Å². The zero-order valence-electron chi connectivity index (χ0n) is 67.6. The van der Waals surface area contributed by atoms with Crippen molar-refractivity contribution in [3.8, 4) is 44.5 Å². The van der Waals surface area contributed by atoms with Gasteiger partial charge in [-0.25, -0.2) is 33.7 Å². The third-order valence-corrected chi connectivity index (χ3v) is 32.4. The van der Waals surface area contributed by atoms with E-state index in [0.29, 0.717) is 52.2 Å². The van der Waals surface area contributed by atoms with Gasteiger partial charge in [-0.3, -0.25) is 19.2 Å². The van der Waals surface area contributed by atoms with Gasteiger partial charge in [0.15, 0.2) is 39.3 Å². The first-order valence-electron chi connectivity index (χ1n) is 40.5. The summed E-state index contributed by atoms with van der Waals surface area (Å²) in [4.78, 5) is 60.7. The molecule has 0 N–H and O–H groups in total. The molecule has 12 aliphatic rings. The van der Waals surface area contributed by atoms with Gasteiger partial charge in [0.05, 0.1) is 92.7 Å². The molecule has 11 heterocycles. The van der Waals surface area contributed by atoms with E-state index in [-0.39, 0.29) is 60.6 Å². The summed E-state index contributed by atoms with van der Waals surface area (Å²) in [5, 5.41) is 0. The Bertz CT molecular complexity index is 6150. The number of hydrogen-bond donors (Lipinski definition) is 0. The topological polar surface area (TPSA) is 265 Å². The number of anilines is 4. The van der Waals surface area contributed by atoms with Crippen LogP contribution < -0.4 is 41.8 Å². The van der Waals surface area contributed by atoms with Crippen molar-refractivity contribution >= 4 is 86.4 Å². The molecule has 4 aromatic heterocycles. The van der Waals surface area contributed by atoms with Gasteiger partial charge in [-0.2, -0.15) is 0 Å². The fraction of sp³-hybridized carbons (Fsp3) is 0.422. The molecular formula is C90H100N8O15S4. The molecule has 5 aliphatic carbocycles. The average molecular weight is 1660 g/mol. The first-order valence-corrected chi connectivity index (χ1v) is 47.4. The monoisotopic (exact) mass is 1660 g/mol. The summed E-state index contributed by atoms with van der Waals surface area (Å²) in [7, 11) is -6.32. The number of unbranched alkanes of at least 4 members (excludes halogenated alkanes) is 1. The Morgan fingerprint density at radius 2 is 0.615 bits per heavy atom. The Balaban J connectivity index is 0.000000112. The molecular weight excluding hydrogens is 1560 g/mol. The number of nitrogens with zero attached hydrogens (tertiary/aromatic N) is 8. The quantitative estimate of drug-likeness (QED) is 0.0820. The van der Waals surface area contributed by atoms with Crippen LogP contribution in [-0.4, -0.2) is 167 Å². The number of fused-ring (bicyclic) bond motifs is 4. The van der Waals surface area contributed by atoms with E-state index in [1.165, 1.54) is 25.5 Å². The Hall–Kier alpha value is -9.48. The minimum Gasteiger partial charge on any atom is -0.380 e. The van der Waals surface area contributed by atoms with Crippen molar-refractivity contribution in [2.75, 3.05) is 135 Å². The summed E-state index contributed by atoms with van der Waals surface area (Å²) in [5.74, 6) is 0.281. The largest absolute Gasteiger partial charge is 0.380 e. The number of hydrogen-bond acceptors (Lipinski definition) is 19. The lowest BCUT2D eigenvalue weighted by molar-refractivity contribution is -0.127. The van der Waals surface area contributed by atoms with Crippen LogP contribution in [0, 0.1) is 21.7 Å². The van der Waals surface area contributed by atoms with Crippen LogP contribution in [0.2, 0.25) is 0 Å². The number of allylic oxidation sites excluding steroid dienone is 4. The number of benzene rings is 4. The first-order chi connectivity index (χ1) is 55.8. The van der Waals surface area contributed by atoms with Gasteiger partial charge < -0.3 is 52.1 Å². The summed E-state index contributed by atoms with van der Waals surface area (Å²) in [6, 6.07) is 21.7. The van der Waals surface area contributed by atoms with Crippen LogP contribution in [0.15, 0.2) is 161 Å². The highest BCUT2D eigenvalue weighted by molar-refractivity contribution is 7.92. The molecule has 0 radical (unpaired) electrons. The lowest BCUT2D eigenvalue weighted by atomic mass is 9.63. The van der Waals surface area contributed by atoms with Crippen LogP contribution in [0.25, 0.3) is 68.8 Å². The van der Waals surface area contributed by atoms with Crippen molar-refractivity contribution < 1.29 is 47.9 Å². The number of sulfone groups is 4. The highest BCUT2D eigenvalue weighted by atomic mass is 32.2. The van der Waals surface area contributed by atoms with Gasteiger partial charge >= 0.3 is 0 Å². The molecule has 1 saturated carbocycles. The molecule has 117 heavy (non-hydrogen) atoms. The number of rotatable bonds is 17. The van der Waals surface area contributed by atoms with Crippen molar-refractivity contribution in [2.45, 2.75) is 98.1 Å². The smallest absolute Gasteiger partial charge is 0.254 e. The molecule has 8 fully saturated rings. The third kappa shape index (κ3) is 14.3.